The van der Waals surface area contributed by atoms with E-state index < -0.39 is 0 Å². The fourth-order valence-corrected chi connectivity index (χ4v) is 6.48. The number of aryl methyl sites for hydroxylation is 1. The molecule has 2 unspecified atom stereocenters. The molecule has 1 aromatic carbocycles. The topological polar surface area (TPSA) is 30.0 Å². The Bertz CT molecular complexity index is 945. The fraction of sp³-hybridized carbons (Fsp3) is 0.621. The molecule has 5 heteroatoms. The zero-order chi connectivity index (χ0) is 23.7. The number of hydrogen-bond acceptors (Lipinski definition) is 4. The Morgan fingerprint density at radius 2 is 1.79 bits per heavy atom. The maximum Gasteiger partial charge on any atom is 0.226 e. The molecule has 5 nitrogen and oxygen atoms in total. The average Bonchev–Trinajstić information content (AvgIpc) is 3.46. The monoisotopic (exact) mass is 462 g/mol. The van der Waals surface area contributed by atoms with Gasteiger partial charge in [0.1, 0.15) is 0 Å². The van der Waals surface area contributed by atoms with Gasteiger partial charge in [0.2, 0.25) is 5.91 Å². The lowest BCUT2D eigenvalue weighted by Crippen LogP contribution is -2.43. The quantitative estimate of drug-likeness (QED) is 0.641. The van der Waals surface area contributed by atoms with Crippen molar-refractivity contribution in [2.45, 2.75) is 71.0 Å². The Balaban J connectivity index is 1.21. The Morgan fingerprint density at radius 3 is 2.50 bits per heavy atom. The molecule has 1 amide bonds. The van der Waals surface area contributed by atoms with Crippen LogP contribution in [-0.4, -0.2) is 72.5 Å². The van der Waals surface area contributed by atoms with Crippen LogP contribution in [0.1, 0.15) is 56.6 Å². The third-order valence-corrected chi connectivity index (χ3v) is 8.46. The molecule has 3 fully saturated rings. The summed E-state index contributed by atoms with van der Waals surface area (Å²) < 4.78 is 0. The molecule has 2 atom stereocenters. The Kier molecular flexibility index (Phi) is 7.12. The van der Waals surface area contributed by atoms with Crippen molar-refractivity contribution >= 4 is 11.6 Å². The van der Waals surface area contributed by atoms with Crippen LogP contribution < -0.4 is 4.90 Å². The molecular weight excluding hydrogens is 420 g/mol. The SMILES string of the molecule is Cc1cc(CN2CCC(C(=O)N3CCCC3C)CC2)cc(N2C=C(C3CCCN3C)C=CC2)c1. The fourth-order valence-electron chi connectivity index (χ4n) is 6.48. The van der Waals surface area contributed by atoms with Crippen molar-refractivity contribution in [2.75, 3.05) is 44.7 Å². The lowest BCUT2D eigenvalue weighted by atomic mass is 9.94. The first-order chi connectivity index (χ1) is 16.5. The van der Waals surface area contributed by atoms with Gasteiger partial charge in [-0.2, -0.15) is 0 Å². The van der Waals surface area contributed by atoms with Gasteiger partial charge >= 0.3 is 0 Å². The number of piperidine rings is 1. The molecule has 0 N–H and O–H groups in total. The van der Waals surface area contributed by atoms with Crippen LogP contribution >= 0.6 is 0 Å². The molecule has 5 rings (SSSR count). The summed E-state index contributed by atoms with van der Waals surface area (Å²) in [5, 5.41) is 0. The predicted octanol–water partition coefficient (Wildman–Crippen LogP) is 4.57. The van der Waals surface area contributed by atoms with Crippen molar-refractivity contribution in [3.05, 3.63) is 53.3 Å². The van der Waals surface area contributed by atoms with E-state index in [0.29, 0.717) is 18.0 Å². The molecule has 0 aliphatic carbocycles. The minimum Gasteiger partial charge on any atom is -0.344 e. The molecule has 1 aromatic rings. The Morgan fingerprint density at radius 1 is 1.00 bits per heavy atom. The minimum atomic E-state index is 0.224. The van der Waals surface area contributed by atoms with Gasteiger partial charge in [-0.15, -0.1) is 0 Å². The first-order valence-electron chi connectivity index (χ1n) is 13.5. The lowest BCUT2D eigenvalue weighted by molar-refractivity contribution is -0.137. The number of anilines is 1. The number of benzene rings is 1. The molecule has 0 bridgehead atoms. The van der Waals surface area contributed by atoms with Crippen LogP contribution in [0.25, 0.3) is 0 Å². The van der Waals surface area contributed by atoms with Crippen molar-refractivity contribution in [2.24, 2.45) is 5.92 Å². The smallest absolute Gasteiger partial charge is 0.226 e. The number of likely N-dealkylation sites (tertiary alicyclic amines) is 3. The Hall–Kier alpha value is -2.11. The molecule has 0 spiro atoms. The van der Waals surface area contributed by atoms with Crippen LogP contribution in [0.4, 0.5) is 5.69 Å². The van der Waals surface area contributed by atoms with Crippen molar-refractivity contribution in [1.29, 1.82) is 0 Å². The largest absolute Gasteiger partial charge is 0.344 e. The summed E-state index contributed by atoms with van der Waals surface area (Å²) in [6.45, 7) is 10.5. The second kappa shape index (κ2) is 10.2. The number of hydrogen-bond donors (Lipinski definition) is 0. The maximum atomic E-state index is 13.0. The predicted molar refractivity (Wildman–Crippen MR) is 140 cm³/mol. The van der Waals surface area contributed by atoms with Gasteiger partial charge in [0, 0.05) is 49.5 Å². The van der Waals surface area contributed by atoms with Crippen LogP contribution in [0.2, 0.25) is 0 Å². The Labute approximate surface area is 206 Å². The third-order valence-electron chi connectivity index (χ3n) is 8.46. The summed E-state index contributed by atoms with van der Waals surface area (Å²) in [7, 11) is 2.25. The second-order valence-electron chi connectivity index (χ2n) is 11.1. The average molecular weight is 463 g/mol. The van der Waals surface area contributed by atoms with Crippen LogP contribution in [0.3, 0.4) is 0 Å². The van der Waals surface area contributed by atoms with Crippen molar-refractivity contribution in [3.8, 4) is 0 Å². The lowest BCUT2D eigenvalue weighted by Gasteiger charge is -2.34. The van der Waals surface area contributed by atoms with Gasteiger partial charge in [-0.25, -0.2) is 0 Å². The van der Waals surface area contributed by atoms with E-state index in [1.807, 2.05) is 0 Å². The van der Waals surface area contributed by atoms with Gasteiger partial charge in [0.25, 0.3) is 0 Å². The van der Waals surface area contributed by atoms with E-state index >= 15 is 0 Å². The molecule has 0 radical (unpaired) electrons. The summed E-state index contributed by atoms with van der Waals surface area (Å²) in [5.41, 5.74) is 5.44. The zero-order valence-corrected chi connectivity index (χ0v) is 21.4. The second-order valence-corrected chi connectivity index (χ2v) is 11.1. The summed E-state index contributed by atoms with van der Waals surface area (Å²) >= 11 is 0. The number of nitrogens with zero attached hydrogens (tertiary/aromatic N) is 4. The number of carbonyl (C=O) groups excluding carboxylic acids is 1. The maximum absolute atomic E-state index is 13.0. The first kappa shape index (κ1) is 23.6. The molecular formula is C29H42N4O. The van der Waals surface area contributed by atoms with E-state index in [1.54, 1.807) is 0 Å². The molecule has 4 aliphatic heterocycles. The normalized spacial score (nSPS) is 27.0. The van der Waals surface area contributed by atoms with E-state index in [4.69, 9.17) is 0 Å². The summed E-state index contributed by atoms with van der Waals surface area (Å²) in [4.78, 5) is 22.6. The molecule has 4 heterocycles. The van der Waals surface area contributed by atoms with Crippen LogP contribution in [0, 0.1) is 12.8 Å². The first-order valence-corrected chi connectivity index (χ1v) is 13.5. The molecule has 34 heavy (non-hydrogen) atoms. The van der Waals surface area contributed by atoms with Gasteiger partial charge < -0.3 is 9.80 Å². The number of amides is 1. The summed E-state index contributed by atoms with van der Waals surface area (Å²) in [6, 6.07) is 8.02. The summed E-state index contributed by atoms with van der Waals surface area (Å²) in [6.07, 6.45) is 13.9. The molecule has 3 saturated heterocycles. The zero-order valence-electron chi connectivity index (χ0n) is 21.4. The standard InChI is InChI=1S/C29H42N4O/c1-22-17-24(20-31-15-10-25(11-16-31)29(34)33-14-4-7-23(33)2)19-27(18-22)32-13-5-8-26(21-32)28-9-6-12-30(28)3/h5,8,17-19,21,23,25,28H,4,6-7,9-16,20H2,1-3H3. The van der Waals surface area contributed by atoms with E-state index in [1.165, 1.54) is 54.6 Å². The number of rotatable bonds is 5. The molecule has 4 aliphatic rings. The van der Waals surface area contributed by atoms with Gasteiger partial charge in [0.15, 0.2) is 0 Å². The van der Waals surface area contributed by atoms with Crippen molar-refractivity contribution in [1.82, 2.24) is 14.7 Å². The third kappa shape index (κ3) is 5.11. The van der Waals surface area contributed by atoms with E-state index in [-0.39, 0.29) is 5.92 Å². The molecule has 184 valence electrons. The van der Waals surface area contributed by atoms with Crippen molar-refractivity contribution < 1.29 is 4.79 Å². The van der Waals surface area contributed by atoms with E-state index in [0.717, 1.165) is 45.6 Å². The highest BCUT2D eigenvalue weighted by atomic mass is 16.2. The van der Waals surface area contributed by atoms with E-state index in [9.17, 15) is 4.79 Å². The highest BCUT2D eigenvalue weighted by Gasteiger charge is 2.33. The molecule has 0 aromatic heterocycles. The van der Waals surface area contributed by atoms with Gasteiger partial charge in [-0.3, -0.25) is 14.6 Å². The van der Waals surface area contributed by atoms with Gasteiger partial charge in [-0.05, 0) is 108 Å². The van der Waals surface area contributed by atoms with Crippen LogP contribution in [0.5, 0.6) is 0 Å². The molecule has 0 saturated carbocycles. The van der Waals surface area contributed by atoms with E-state index in [2.05, 4.69) is 77.0 Å². The van der Waals surface area contributed by atoms with Crippen LogP contribution in [-0.2, 0) is 11.3 Å². The van der Waals surface area contributed by atoms with Gasteiger partial charge in [-0.1, -0.05) is 18.2 Å². The number of carbonyl (C=O) groups is 1. The van der Waals surface area contributed by atoms with Crippen molar-refractivity contribution in [3.63, 3.8) is 0 Å². The summed E-state index contributed by atoms with van der Waals surface area (Å²) in [5.74, 6) is 0.637. The van der Waals surface area contributed by atoms with Crippen LogP contribution in [0.15, 0.2) is 42.1 Å². The highest BCUT2D eigenvalue weighted by molar-refractivity contribution is 5.79. The minimum absolute atomic E-state index is 0.224. The number of likely N-dealkylation sites (N-methyl/N-ethyl adjacent to an activating group) is 1. The highest BCUT2D eigenvalue weighted by Crippen LogP contribution is 2.30. The van der Waals surface area contributed by atoms with Gasteiger partial charge in [0.05, 0.1) is 0 Å².